The number of rotatable bonds is 6. The molecule has 0 spiro atoms. The Hall–Kier alpha value is -1.80. The second-order valence-corrected chi connectivity index (χ2v) is 8.85. The number of aromatic amines is 1. The summed E-state index contributed by atoms with van der Waals surface area (Å²) in [4.78, 5) is 14.8. The molecule has 1 aromatic carbocycles. The summed E-state index contributed by atoms with van der Waals surface area (Å²) >= 11 is 22.9. The molecule has 3 rings (SSSR count). The first-order chi connectivity index (χ1) is 13.2. The Morgan fingerprint density at radius 2 is 2.07 bits per heavy atom. The fourth-order valence-corrected chi connectivity index (χ4v) is 2.79. The Bertz CT molecular complexity index is 981. The van der Waals surface area contributed by atoms with Crippen LogP contribution >= 0.6 is 46.4 Å². The van der Waals surface area contributed by atoms with Gasteiger partial charge in [0.2, 0.25) is 3.79 Å². The van der Waals surface area contributed by atoms with E-state index in [4.69, 9.17) is 60.4 Å². The standard InChI is InChI=1S/C17H15Cl4N3O4/c1-9-2-12(24-28-9)7-26-15-5-14-10(4-13(15)18)3-11(23-14)6-22-16(25)27-8-17(19,20)21/h2-5,23H,6-8H2,1H3,(H,22,25). The van der Waals surface area contributed by atoms with E-state index in [-0.39, 0.29) is 19.8 Å². The number of hydrogen-bond donors (Lipinski definition) is 2. The molecule has 0 aliphatic heterocycles. The second kappa shape index (κ2) is 8.69. The second-order valence-electron chi connectivity index (χ2n) is 5.93. The monoisotopic (exact) mass is 465 g/mol. The topological polar surface area (TPSA) is 89.4 Å². The summed E-state index contributed by atoms with van der Waals surface area (Å²) in [6, 6.07) is 7.17. The molecular weight excluding hydrogens is 452 g/mol. The highest BCUT2D eigenvalue weighted by Crippen LogP contribution is 2.31. The summed E-state index contributed by atoms with van der Waals surface area (Å²) in [6.07, 6.45) is -0.699. The molecule has 2 heterocycles. The van der Waals surface area contributed by atoms with Crippen molar-refractivity contribution < 1.29 is 18.8 Å². The van der Waals surface area contributed by atoms with Crippen molar-refractivity contribution in [3.05, 3.63) is 46.4 Å². The number of halogens is 4. The number of carbonyl (C=O) groups excluding carboxylic acids is 1. The largest absolute Gasteiger partial charge is 0.486 e. The Labute approximate surface area is 180 Å². The molecule has 0 saturated heterocycles. The number of aromatic nitrogens is 2. The summed E-state index contributed by atoms with van der Waals surface area (Å²) in [5.41, 5.74) is 2.20. The summed E-state index contributed by atoms with van der Waals surface area (Å²) in [6.45, 7) is 1.88. The van der Waals surface area contributed by atoms with Crippen molar-refractivity contribution >= 4 is 63.4 Å². The maximum atomic E-state index is 11.6. The Balaban J connectivity index is 1.62. The van der Waals surface area contributed by atoms with Gasteiger partial charge in [0, 0.05) is 28.7 Å². The van der Waals surface area contributed by atoms with Crippen molar-refractivity contribution in [2.45, 2.75) is 23.9 Å². The van der Waals surface area contributed by atoms with Crippen LogP contribution in [0.4, 0.5) is 4.79 Å². The van der Waals surface area contributed by atoms with Crippen LogP contribution in [-0.2, 0) is 17.9 Å². The third-order valence-electron chi connectivity index (χ3n) is 3.57. The van der Waals surface area contributed by atoms with Crippen LogP contribution < -0.4 is 10.1 Å². The van der Waals surface area contributed by atoms with E-state index < -0.39 is 9.89 Å². The maximum absolute atomic E-state index is 11.6. The summed E-state index contributed by atoms with van der Waals surface area (Å²) in [5, 5.41) is 7.74. The zero-order valence-electron chi connectivity index (χ0n) is 14.5. The third kappa shape index (κ3) is 5.85. The lowest BCUT2D eigenvalue weighted by molar-refractivity contribution is 0.147. The van der Waals surface area contributed by atoms with Gasteiger partial charge in [-0.3, -0.25) is 0 Å². The van der Waals surface area contributed by atoms with Crippen molar-refractivity contribution in [3.8, 4) is 5.75 Å². The fraction of sp³-hybridized carbons (Fsp3) is 0.294. The highest BCUT2D eigenvalue weighted by atomic mass is 35.6. The number of nitrogens with zero attached hydrogens (tertiary/aromatic N) is 1. The molecule has 0 aliphatic rings. The molecule has 0 unspecified atom stereocenters. The molecule has 150 valence electrons. The first kappa shape index (κ1) is 20.9. The van der Waals surface area contributed by atoms with Crippen LogP contribution in [0.5, 0.6) is 5.75 Å². The van der Waals surface area contributed by atoms with Gasteiger partial charge in [-0.25, -0.2) is 4.79 Å². The molecule has 7 nitrogen and oxygen atoms in total. The predicted octanol–water partition coefficient (Wildman–Crippen LogP) is 5.29. The lowest BCUT2D eigenvalue weighted by atomic mass is 10.2. The van der Waals surface area contributed by atoms with Crippen LogP contribution in [0.25, 0.3) is 10.9 Å². The van der Waals surface area contributed by atoms with E-state index in [0.29, 0.717) is 22.2 Å². The Morgan fingerprint density at radius 3 is 2.75 bits per heavy atom. The number of alkyl halides is 3. The van der Waals surface area contributed by atoms with Crippen LogP contribution in [-0.4, -0.2) is 26.6 Å². The van der Waals surface area contributed by atoms with E-state index in [9.17, 15) is 4.79 Å². The molecule has 3 aromatic rings. The van der Waals surface area contributed by atoms with Gasteiger partial charge in [0.1, 0.15) is 30.4 Å². The molecule has 11 heteroatoms. The van der Waals surface area contributed by atoms with Gasteiger partial charge >= 0.3 is 6.09 Å². The minimum atomic E-state index is -1.66. The SMILES string of the molecule is Cc1cc(COc2cc3[nH]c(CNC(=O)OCC(Cl)(Cl)Cl)cc3cc2Cl)no1. The van der Waals surface area contributed by atoms with Gasteiger partial charge in [0.15, 0.2) is 0 Å². The van der Waals surface area contributed by atoms with E-state index in [0.717, 1.165) is 16.6 Å². The van der Waals surface area contributed by atoms with Gasteiger partial charge in [-0.1, -0.05) is 51.6 Å². The van der Waals surface area contributed by atoms with Crippen LogP contribution in [0.1, 0.15) is 17.1 Å². The molecular formula is C17H15Cl4N3O4. The van der Waals surface area contributed by atoms with E-state index in [1.54, 1.807) is 25.1 Å². The summed E-state index contributed by atoms with van der Waals surface area (Å²) in [7, 11) is 0. The van der Waals surface area contributed by atoms with Gasteiger partial charge in [-0.05, 0) is 19.1 Å². The van der Waals surface area contributed by atoms with Crippen LogP contribution in [0.2, 0.25) is 5.02 Å². The Morgan fingerprint density at radius 1 is 1.29 bits per heavy atom. The van der Waals surface area contributed by atoms with E-state index >= 15 is 0 Å². The van der Waals surface area contributed by atoms with Crippen molar-refractivity contribution in [1.82, 2.24) is 15.5 Å². The smallest absolute Gasteiger partial charge is 0.407 e. The Kier molecular flexibility index (Phi) is 6.50. The number of ether oxygens (including phenoxy) is 2. The number of benzene rings is 1. The van der Waals surface area contributed by atoms with Crippen molar-refractivity contribution in [2.24, 2.45) is 0 Å². The molecule has 0 saturated carbocycles. The van der Waals surface area contributed by atoms with Crippen molar-refractivity contribution in [2.75, 3.05) is 6.61 Å². The van der Waals surface area contributed by atoms with Crippen LogP contribution in [0, 0.1) is 6.92 Å². The lowest BCUT2D eigenvalue weighted by Crippen LogP contribution is -2.27. The van der Waals surface area contributed by atoms with Gasteiger partial charge < -0.3 is 24.3 Å². The highest BCUT2D eigenvalue weighted by Gasteiger charge is 2.22. The number of carbonyl (C=O) groups is 1. The molecule has 2 N–H and O–H groups in total. The molecule has 1 amide bonds. The van der Waals surface area contributed by atoms with Gasteiger partial charge in [-0.15, -0.1) is 0 Å². The van der Waals surface area contributed by atoms with Crippen LogP contribution in [0.3, 0.4) is 0 Å². The number of H-pyrrole nitrogens is 1. The number of fused-ring (bicyclic) bond motifs is 1. The molecule has 0 atom stereocenters. The van der Waals surface area contributed by atoms with Crippen LogP contribution in [0.15, 0.2) is 28.8 Å². The average molecular weight is 467 g/mol. The molecule has 0 aliphatic carbocycles. The summed E-state index contributed by atoms with van der Waals surface area (Å²) in [5.74, 6) is 1.20. The highest BCUT2D eigenvalue weighted by molar-refractivity contribution is 6.67. The fourth-order valence-electron chi connectivity index (χ4n) is 2.40. The number of amides is 1. The summed E-state index contributed by atoms with van der Waals surface area (Å²) < 4.78 is 13.9. The maximum Gasteiger partial charge on any atom is 0.407 e. The zero-order chi connectivity index (χ0) is 20.3. The average Bonchev–Trinajstić information content (AvgIpc) is 3.20. The minimum Gasteiger partial charge on any atom is -0.486 e. The van der Waals surface area contributed by atoms with Gasteiger partial charge in [-0.2, -0.15) is 0 Å². The van der Waals surface area contributed by atoms with E-state index in [1.165, 1.54) is 0 Å². The zero-order valence-corrected chi connectivity index (χ0v) is 17.5. The van der Waals surface area contributed by atoms with Gasteiger partial charge in [0.25, 0.3) is 0 Å². The molecule has 28 heavy (non-hydrogen) atoms. The van der Waals surface area contributed by atoms with Gasteiger partial charge in [0.05, 0.1) is 11.6 Å². The lowest BCUT2D eigenvalue weighted by Gasteiger charge is -2.11. The van der Waals surface area contributed by atoms with E-state index in [2.05, 4.69) is 15.5 Å². The number of nitrogens with one attached hydrogen (secondary N) is 2. The van der Waals surface area contributed by atoms with Crippen molar-refractivity contribution in [3.63, 3.8) is 0 Å². The predicted molar refractivity (Wildman–Crippen MR) is 107 cm³/mol. The number of hydrogen-bond acceptors (Lipinski definition) is 5. The first-order valence-electron chi connectivity index (χ1n) is 8.03. The van der Waals surface area contributed by atoms with Crippen molar-refractivity contribution in [1.29, 1.82) is 0 Å². The molecule has 0 radical (unpaired) electrons. The first-order valence-corrected chi connectivity index (χ1v) is 9.54. The molecule has 2 aromatic heterocycles. The number of aryl methyl sites for hydroxylation is 1. The molecule has 0 bridgehead atoms. The number of alkyl carbamates (subject to hydrolysis) is 1. The molecule has 0 fully saturated rings. The normalized spacial score (nSPS) is 11.6. The van der Waals surface area contributed by atoms with E-state index in [1.807, 2.05) is 6.07 Å². The third-order valence-corrected chi connectivity index (χ3v) is 4.19. The quantitative estimate of drug-likeness (QED) is 0.481. The minimum absolute atomic E-state index is 0.194.